The number of halogens is 8. The molecule has 0 saturated carbocycles. The normalized spacial score (nSPS) is 12.6. The van der Waals surface area contributed by atoms with Crippen LogP contribution >= 0.6 is 23.2 Å². The van der Waals surface area contributed by atoms with Crippen molar-refractivity contribution in [3.63, 3.8) is 0 Å². The summed E-state index contributed by atoms with van der Waals surface area (Å²) in [5.41, 5.74) is 4.62. The zero-order chi connectivity index (χ0) is 15.0. The van der Waals surface area contributed by atoms with Crippen LogP contribution in [0.3, 0.4) is 0 Å². The van der Waals surface area contributed by atoms with Crippen LogP contribution < -0.4 is 10.5 Å². The molecule has 2 N–H and O–H groups in total. The molecule has 0 aliphatic rings. The van der Waals surface area contributed by atoms with Gasteiger partial charge in [0.1, 0.15) is 5.02 Å². The monoisotopic (exact) mass is 327 g/mol. The highest BCUT2D eigenvalue weighted by Gasteiger charge is 2.58. The van der Waals surface area contributed by atoms with Gasteiger partial charge in [0.15, 0.2) is 18.2 Å². The lowest BCUT2D eigenvalue weighted by Gasteiger charge is -2.20. The highest BCUT2D eigenvalue weighted by molar-refractivity contribution is 6.37. The maximum Gasteiger partial charge on any atom is 0.456 e. The van der Waals surface area contributed by atoms with Crippen molar-refractivity contribution in [3.8, 4) is 5.75 Å². The molecule has 0 aliphatic carbocycles. The van der Waals surface area contributed by atoms with Crippen molar-refractivity contribution in [2.45, 2.75) is 12.1 Å². The summed E-state index contributed by atoms with van der Waals surface area (Å²) in [5.74, 6) is -7.19. The van der Waals surface area contributed by atoms with E-state index in [2.05, 4.69) is 4.74 Å². The van der Waals surface area contributed by atoms with Crippen molar-refractivity contribution in [1.82, 2.24) is 0 Å². The van der Waals surface area contributed by atoms with Crippen LogP contribution in [0.15, 0.2) is 6.07 Å². The molecule has 0 saturated heterocycles. The average Bonchev–Trinajstić information content (AvgIpc) is 2.24. The van der Waals surface area contributed by atoms with Gasteiger partial charge >= 0.3 is 12.1 Å². The quantitative estimate of drug-likeness (QED) is 0.510. The Labute approximate surface area is 113 Å². The fourth-order valence-electron chi connectivity index (χ4n) is 0.974. The van der Waals surface area contributed by atoms with E-state index in [4.69, 9.17) is 28.9 Å². The first kappa shape index (κ1) is 16.0. The van der Waals surface area contributed by atoms with Gasteiger partial charge in [-0.3, -0.25) is 0 Å². The summed E-state index contributed by atoms with van der Waals surface area (Å²) in [5, 5.41) is -1.36. The second-order valence-electron chi connectivity index (χ2n) is 3.40. The molecule has 0 spiro atoms. The summed E-state index contributed by atoms with van der Waals surface area (Å²) in [4.78, 5) is 0. The molecule has 2 nitrogen and oxygen atoms in total. The minimum atomic E-state index is -5.81. The third kappa shape index (κ3) is 3.30. The molecule has 1 rings (SSSR count). The highest BCUT2D eigenvalue weighted by Crippen LogP contribution is 2.40. The summed E-state index contributed by atoms with van der Waals surface area (Å²) in [7, 11) is 0. The molecule has 0 fully saturated rings. The lowest BCUT2D eigenvalue weighted by Crippen LogP contribution is -2.41. The molecular formula is C9H5Cl2F6NO. The number of hydrogen-bond donors (Lipinski definition) is 1. The van der Waals surface area contributed by atoms with Crippen LogP contribution in [0.25, 0.3) is 0 Å². The number of anilines is 1. The number of rotatable bonds is 3. The first-order valence-corrected chi connectivity index (χ1v) is 5.23. The molecule has 1 aromatic rings. The van der Waals surface area contributed by atoms with E-state index in [-0.39, 0.29) is 0 Å². The van der Waals surface area contributed by atoms with Gasteiger partial charge < -0.3 is 10.5 Å². The van der Waals surface area contributed by atoms with E-state index in [1.807, 2.05) is 0 Å². The Bertz CT molecular complexity index is 491. The number of ether oxygens (including phenoxy) is 1. The second kappa shape index (κ2) is 5.16. The maximum atomic E-state index is 13.2. The van der Waals surface area contributed by atoms with E-state index < -0.39 is 46.0 Å². The Morgan fingerprint density at radius 1 is 1.16 bits per heavy atom. The minimum absolute atomic E-state index is 0.484. The number of benzene rings is 1. The highest BCUT2D eigenvalue weighted by atomic mass is 35.5. The zero-order valence-electron chi connectivity index (χ0n) is 8.79. The standard InChI is InChI=1S/C9H5Cl2F6NO/c10-3-1-4(18)6(12)5(11)7(3)19-2-8(13,14)9(15,16)17/h1H,2,18H2. The van der Waals surface area contributed by atoms with Crippen molar-refractivity contribution in [2.75, 3.05) is 12.3 Å². The fraction of sp³-hybridized carbons (Fsp3) is 0.333. The van der Waals surface area contributed by atoms with Gasteiger partial charge in [0, 0.05) is 0 Å². The smallest absolute Gasteiger partial charge is 0.456 e. The summed E-state index contributed by atoms with van der Waals surface area (Å²) in [6, 6.07) is 0.782. The van der Waals surface area contributed by atoms with Crippen molar-refractivity contribution < 1.29 is 31.1 Å². The molecule has 19 heavy (non-hydrogen) atoms. The molecule has 0 heterocycles. The number of nitrogens with two attached hydrogens (primary N) is 1. The Morgan fingerprint density at radius 2 is 1.68 bits per heavy atom. The van der Waals surface area contributed by atoms with Crippen molar-refractivity contribution in [2.24, 2.45) is 0 Å². The van der Waals surface area contributed by atoms with Gasteiger partial charge in [0.25, 0.3) is 0 Å². The molecule has 108 valence electrons. The number of nitrogen functional groups attached to an aromatic ring is 1. The van der Waals surface area contributed by atoms with Crippen LogP contribution in [-0.2, 0) is 0 Å². The Morgan fingerprint density at radius 3 is 2.16 bits per heavy atom. The first-order chi connectivity index (χ1) is 8.47. The van der Waals surface area contributed by atoms with Gasteiger partial charge in [-0.15, -0.1) is 0 Å². The Hall–Kier alpha value is -1.02. The maximum absolute atomic E-state index is 13.2. The molecule has 0 amide bonds. The topological polar surface area (TPSA) is 35.2 Å². The van der Waals surface area contributed by atoms with Gasteiger partial charge in [-0.05, 0) is 6.07 Å². The molecule has 0 unspecified atom stereocenters. The molecule has 0 atom stereocenters. The van der Waals surface area contributed by atoms with E-state index >= 15 is 0 Å². The molecule has 0 radical (unpaired) electrons. The van der Waals surface area contributed by atoms with Crippen LogP contribution in [0, 0.1) is 5.82 Å². The van der Waals surface area contributed by atoms with E-state index in [0.29, 0.717) is 0 Å². The predicted molar refractivity (Wildman–Crippen MR) is 57.3 cm³/mol. The van der Waals surface area contributed by atoms with Gasteiger partial charge in [-0.25, -0.2) is 4.39 Å². The Kier molecular flexibility index (Phi) is 4.36. The van der Waals surface area contributed by atoms with Crippen molar-refractivity contribution in [1.29, 1.82) is 0 Å². The average molecular weight is 328 g/mol. The van der Waals surface area contributed by atoms with E-state index in [1.165, 1.54) is 0 Å². The lowest BCUT2D eigenvalue weighted by atomic mass is 10.3. The number of hydrogen-bond acceptors (Lipinski definition) is 2. The summed E-state index contributed by atoms with van der Waals surface area (Å²) < 4.78 is 78.3. The first-order valence-electron chi connectivity index (χ1n) is 4.47. The van der Waals surface area contributed by atoms with Gasteiger partial charge in [-0.2, -0.15) is 22.0 Å². The summed E-state index contributed by atoms with van der Waals surface area (Å²) in [6.45, 7) is -2.08. The van der Waals surface area contributed by atoms with Crippen molar-refractivity contribution >= 4 is 28.9 Å². The molecular weight excluding hydrogens is 323 g/mol. The van der Waals surface area contributed by atoms with Gasteiger partial charge in [-0.1, -0.05) is 23.2 Å². The SMILES string of the molecule is Nc1cc(Cl)c(OCC(F)(F)C(F)(F)F)c(Cl)c1F. The predicted octanol–water partition coefficient (Wildman–Crippen LogP) is 4.29. The third-order valence-electron chi connectivity index (χ3n) is 1.96. The minimum Gasteiger partial charge on any atom is -0.484 e. The molecule has 10 heteroatoms. The number of alkyl halides is 5. The lowest BCUT2D eigenvalue weighted by molar-refractivity contribution is -0.290. The zero-order valence-corrected chi connectivity index (χ0v) is 10.3. The largest absolute Gasteiger partial charge is 0.484 e. The van der Waals surface area contributed by atoms with Crippen LogP contribution in [0.2, 0.25) is 10.0 Å². The van der Waals surface area contributed by atoms with Crippen LogP contribution in [0.1, 0.15) is 0 Å². The molecule has 1 aromatic carbocycles. The molecule has 0 aliphatic heterocycles. The fourth-order valence-corrected chi connectivity index (χ4v) is 1.55. The van der Waals surface area contributed by atoms with Crippen LogP contribution in [0.4, 0.5) is 32.0 Å². The van der Waals surface area contributed by atoms with E-state index in [0.717, 1.165) is 6.07 Å². The van der Waals surface area contributed by atoms with Gasteiger partial charge in [0.2, 0.25) is 0 Å². The van der Waals surface area contributed by atoms with E-state index in [9.17, 15) is 26.3 Å². The van der Waals surface area contributed by atoms with Crippen LogP contribution in [0.5, 0.6) is 5.75 Å². The summed E-state index contributed by atoms with van der Waals surface area (Å²) >= 11 is 10.8. The van der Waals surface area contributed by atoms with Crippen LogP contribution in [-0.4, -0.2) is 18.7 Å². The van der Waals surface area contributed by atoms with E-state index in [1.54, 1.807) is 0 Å². The Balaban J connectivity index is 3.00. The molecule has 0 bridgehead atoms. The third-order valence-corrected chi connectivity index (χ3v) is 2.58. The van der Waals surface area contributed by atoms with Gasteiger partial charge in [0.05, 0.1) is 10.7 Å². The molecule has 0 aromatic heterocycles. The summed E-state index contributed by atoms with van der Waals surface area (Å²) in [6.07, 6.45) is -5.81. The second-order valence-corrected chi connectivity index (χ2v) is 4.18. The van der Waals surface area contributed by atoms with Crippen molar-refractivity contribution in [3.05, 3.63) is 21.9 Å².